The molecule has 2 nitrogen and oxygen atoms in total. The van der Waals surface area contributed by atoms with Crippen LogP contribution in [0.1, 0.15) is 0 Å². The Labute approximate surface area is 58.2 Å². The first-order valence-electron chi connectivity index (χ1n) is 3.08. The molecule has 0 spiro atoms. The van der Waals surface area contributed by atoms with Crippen LogP contribution < -0.4 is 5.73 Å². The molecule has 0 aliphatic rings. The summed E-state index contributed by atoms with van der Waals surface area (Å²) in [6.45, 7) is 0. The Kier molecular flexibility index (Phi) is 0.947. The monoisotopic (exact) mass is 133 g/mol. The average molecular weight is 133 g/mol. The molecule has 0 unspecified atom stereocenters. The molecule has 2 rings (SSSR count). The molecule has 0 saturated carbocycles. The Balaban J connectivity index is 2.95. The molecule has 2 N–H and O–H groups in total. The van der Waals surface area contributed by atoms with E-state index in [1.165, 1.54) is 0 Å². The molecule has 2 aromatic rings. The zero-order chi connectivity index (χ0) is 6.97. The highest BCUT2D eigenvalue weighted by atomic mass is 16.3. The molecule has 0 amide bonds. The van der Waals surface area contributed by atoms with Gasteiger partial charge in [-0.05, 0) is 6.07 Å². The maximum atomic E-state index is 5.64. The first kappa shape index (κ1) is 5.35. The number of nitrogens with two attached hydrogens (primary N) is 1. The average Bonchev–Trinajstić information content (AvgIpc) is 2.36. The summed E-state index contributed by atoms with van der Waals surface area (Å²) >= 11 is 0. The quantitative estimate of drug-likeness (QED) is 0.558. The van der Waals surface area contributed by atoms with E-state index in [4.69, 9.17) is 10.2 Å². The second-order valence-corrected chi connectivity index (χ2v) is 2.22. The fourth-order valence-electron chi connectivity index (χ4n) is 1.02. The second kappa shape index (κ2) is 1.77. The van der Waals surface area contributed by atoms with E-state index in [9.17, 15) is 0 Å². The van der Waals surface area contributed by atoms with Crippen molar-refractivity contribution in [1.82, 2.24) is 0 Å². The first-order valence-corrected chi connectivity index (χ1v) is 3.08. The molecule has 1 aromatic heterocycles. The van der Waals surface area contributed by atoms with E-state index in [1.807, 2.05) is 18.2 Å². The topological polar surface area (TPSA) is 39.2 Å². The van der Waals surface area contributed by atoms with Crippen molar-refractivity contribution in [1.29, 1.82) is 0 Å². The van der Waals surface area contributed by atoms with Crippen molar-refractivity contribution in [2.24, 2.45) is 0 Å². The summed E-state index contributed by atoms with van der Waals surface area (Å²) in [6.07, 6.45) is 3.34. The number of rotatable bonds is 0. The van der Waals surface area contributed by atoms with Gasteiger partial charge in [0.25, 0.3) is 0 Å². The third kappa shape index (κ3) is 0.589. The number of benzene rings is 1. The van der Waals surface area contributed by atoms with Crippen molar-refractivity contribution >= 4 is 16.5 Å². The van der Waals surface area contributed by atoms with Gasteiger partial charge in [0.2, 0.25) is 0 Å². The summed E-state index contributed by atoms with van der Waals surface area (Å²) in [5.74, 6) is 0. The Hall–Kier alpha value is -1.44. The molecule has 0 aliphatic carbocycles. The van der Waals surface area contributed by atoms with E-state index >= 15 is 0 Å². The number of furan rings is 1. The summed E-state index contributed by atoms with van der Waals surface area (Å²) in [5, 5.41) is 2.04. The maximum absolute atomic E-state index is 5.64. The summed E-state index contributed by atoms with van der Waals surface area (Å²) < 4.78 is 4.97. The fourth-order valence-corrected chi connectivity index (χ4v) is 1.02. The smallest absolute Gasteiger partial charge is 0.100 e. The number of anilines is 1. The van der Waals surface area contributed by atoms with Crippen molar-refractivity contribution in [2.45, 2.75) is 0 Å². The van der Waals surface area contributed by atoms with Gasteiger partial charge in [-0.3, -0.25) is 0 Å². The maximum Gasteiger partial charge on any atom is 0.100 e. The van der Waals surface area contributed by atoms with Gasteiger partial charge in [0.1, 0.15) is 6.26 Å². The normalized spacial score (nSPS) is 10.4. The van der Waals surface area contributed by atoms with Crippen LogP contribution in [-0.4, -0.2) is 0 Å². The molecule has 0 bridgehead atoms. The van der Waals surface area contributed by atoms with E-state index in [1.54, 1.807) is 12.5 Å². The highest BCUT2D eigenvalue weighted by Crippen LogP contribution is 2.20. The largest absolute Gasteiger partial charge is 0.471 e. The number of hydrogen-bond donors (Lipinski definition) is 1. The minimum Gasteiger partial charge on any atom is -0.471 e. The van der Waals surface area contributed by atoms with Gasteiger partial charge in [0, 0.05) is 16.5 Å². The van der Waals surface area contributed by atoms with E-state index in [2.05, 4.69) is 0 Å². The van der Waals surface area contributed by atoms with Gasteiger partial charge in [-0.25, -0.2) is 0 Å². The van der Waals surface area contributed by atoms with Crippen LogP contribution in [0.3, 0.4) is 0 Å². The van der Waals surface area contributed by atoms with E-state index < -0.39 is 0 Å². The highest BCUT2D eigenvalue weighted by molar-refractivity contribution is 5.91. The molecular weight excluding hydrogens is 126 g/mol. The summed E-state index contributed by atoms with van der Waals surface area (Å²) in [5.41, 5.74) is 6.41. The standard InChI is InChI=1S/C8H7NO/c9-8-3-1-2-6-4-10-5-7(6)8/h1-5H,9H2. The second-order valence-electron chi connectivity index (χ2n) is 2.22. The third-order valence-corrected chi connectivity index (χ3v) is 1.55. The van der Waals surface area contributed by atoms with Crippen LogP contribution >= 0.6 is 0 Å². The van der Waals surface area contributed by atoms with Crippen molar-refractivity contribution < 1.29 is 4.42 Å². The molecule has 0 fully saturated rings. The Morgan fingerprint density at radius 3 is 2.90 bits per heavy atom. The van der Waals surface area contributed by atoms with Crippen molar-refractivity contribution in [2.75, 3.05) is 5.73 Å². The number of hydrogen-bond acceptors (Lipinski definition) is 2. The fraction of sp³-hybridized carbons (Fsp3) is 0. The molecule has 0 atom stereocenters. The Morgan fingerprint density at radius 1 is 1.20 bits per heavy atom. The van der Waals surface area contributed by atoms with Gasteiger partial charge in [-0.15, -0.1) is 0 Å². The van der Waals surface area contributed by atoms with Gasteiger partial charge in [0.05, 0.1) is 6.26 Å². The summed E-state index contributed by atoms with van der Waals surface area (Å²) in [4.78, 5) is 0. The van der Waals surface area contributed by atoms with Crippen LogP contribution in [0.5, 0.6) is 0 Å². The third-order valence-electron chi connectivity index (χ3n) is 1.55. The lowest BCUT2D eigenvalue weighted by Gasteiger charge is -1.90. The SMILES string of the molecule is Nc1cccc2cocc12. The molecule has 0 aliphatic heterocycles. The minimum absolute atomic E-state index is 0.770. The van der Waals surface area contributed by atoms with Crippen molar-refractivity contribution in [3.05, 3.63) is 30.7 Å². The van der Waals surface area contributed by atoms with E-state index in [0.29, 0.717) is 0 Å². The zero-order valence-corrected chi connectivity index (χ0v) is 5.37. The van der Waals surface area contributed by atoms with Crippen molar-refractivity contribution in [3.8, 4) is 0 Å². The molecule has 50 valence electrons. The van der Waals surface area contributed by atoms with Crippen LogP contribution in [0, 0.1) is 0 Å². The lowest BCUT2D eigenvalue weighted by molar-refractivity contribution is 0.572. The number of nitrogen functional groups attached to an aromatic ring is 1. The predicted molar refractivity (Wildman–Crippen MR) is 40.6 cm³/mol. The molecular formula is C8H7NO. The molecule has 2 heteroatoms. The molecule has 0 radical (unpaired) electrons. The van der Waals surface area contributed by atoms with Crippen molar-refractivity contribution in [3.63, 3.8) is 0 Å². The van der Waals surface area contributed by atoms with Crippen LogP contribution in [0.2, 0.25) is 0 Å². The predicted octanol–water partition coefficient (Wildman–Crippen LogP) is 2.01. The Bertz CT molecular complexity index is 351. The van der Waals surface area contributed by atoms with Crippen LogP contribution in [-0.2, 0) is 0 Å². The number of fused-ring (bicyclic) bond motifs is 1. The summed E-state index contributed by atoms with van der Waals surface area (Å²) in [7, 11) is 0. The van der Waals surface area contributed by atoms with Crippen LogP contribution in [0.15, 0.2) is 35.1 Å². The summed E-state index contributed by atoms with van der Waals surface area (Å²) in [6, 6.07) is 5.74. The minimum atomic E-state index is 0.770. The van der Waals surface area contributed by atoms with Gasteiger partial charge >= 0.3 is 0 Å². The van der Waals surface area contributed by atoms with Crippen LogP contribution in [0.25, 0.3) is 10.8 Å². The lowest BCUT2D eigenvalue weighted by Crippen LogP contribution is -1.82. The highest BCUT2D eigenvalue weighted by Gasteiger charge is 1.96. The first-order chi connectivity index (χ1) is 4.88. The van der Waals surface area contributed by atoms with E-state index in [-0.39, 0.29) is 0 Å². The molecule has 1 aromatic carbocycles. The molecule has 0 saturated heterocycles. The van der Waals surface area contributed by atoms with Gasteiger partial charge < -0.3 is 10.2 Å². The lowest BCUT2D eigenvalue weighted by atomic mass is 10.2. The van der Waals surface area contributed by atoms with E-state index in [0.717, 1.165) is 16.5 Å². The van der Waals surface area contributed by atoms with Gasteiger partial charge in [-0.2, -0.15) is 0 Å². The zero-order valence-electron chi connectivity index (χ0n) is 5.37. The van der Waals surface area contributed by atoms with Gasteiger partial charge in [-0.1, -0.05) is 12.1 Å². The van der Waals surface area contributed by atoms with Gasteiger partial charge in [0.15, 0.2) is 0 Å². The molecule has 10 heavy (non-hydrogen) atoms. The van der Waals surface area contributed by atoms with Crippen LogP contribution in [0.4, 0.5) is 5.69 Å². The Morgan fingerprint density at radius 2 is 2.10 bits per heavy atom. The molecule has 1 heterocycles.